The van der Waals surface area contributed by atoms with E-state index in [2.05, 4.69) is 0 Å². The van der Waals surface area contributed by atoms with Gasteiger partial charge in [-0.1, -0.05) is 48.5 Å². The van der Waals surface area contributed by atoms with Crippen molar-refractivity contribution in [3.05, 3.63) is 59.7 Å². The number of benzene rings is 2. The highest BCUT2D eigenvalue weighted by molar-refractivity contribution is 6.66. The van der Waals surface area contributed by atoms with E-state index >= 15 is 0 Å². The van der Waals surface area contributed by atoms with Crippen molar-refractivity contribution in [2.24, 2.45) is 0 Å². The molecule has 1 nitrogen and oxygen atoms in total. The maximum absolute atomic E-state index is 11.9. The molecule has 3 rings (SSSR count). The minimum absolute atomic E-state index is 0.324. The van der Waals surface area contributed by atoms with Crippen LogP contribution in [-0.2, 0) is 10.2 Å². The van der Waals surface area contributed by atoms with Gasteiger partial charge >= 0.3 is 0 Å². The van der Waals surface area contributed by atoms with Crippen LogP contribution in [0.4, 0.5) is 0 Å². The average molecular weight is 244 g/mol. The van der Waals surface area contributed by atoms with Crippen LogP contribution in [0.3, 0.4) is 0 Å². The summed E-state index contributed by atoms with van der Waals surface area (Å²) >= 11 is 5.84. The standard InChI is InChI=1S/C15H11ClO/c1-15(14(16)17)12-8-4-2-6-10(12)11-7-3-5-9-13(11)15/h2-9H,1H3/i1+1. The molecular formula is C15H11ClO. The molecule has 1 aliphatic carbocycles. The zero-order valence-corrected chi connectivity index (χ0v) is 10.2. The van der Waals surface area contributed by atoms with E-state index < -0.39 is 5.41 Å². The van der Waals surface area contributed by atoms with Gasteiger partial charge in [0.15, 0.2) is 0 Å². The van der Waals surface area contributed by atoms with Gasteiger partial charge in [-0.2, -0.15) is 0 Å². The summed E-state index contributed by atoms with van der Waals surface area (Å²) in [7, 11) is 0. The lowest BCUT2D eigenvalue weighted by Crippen LogP contribution is -2.27. The van der Waals surface area contributed by atoms with Gasteiger partial charge in [0.25, 0.3) is 0 Å². The first-order valence-electron chi connectivity index (χ1n) is 5.55. The van der Waals surface area contributed by atoms with Crippen LogP contribution < -0.4 is 0 Å². The van der Waals surface area contributed by atoms with Crippen molar-refractivity contribution in [3.8, 4) is 11.1 Å². The average Bonchev–Trinajstić information content (AvgIpc) is 2.63. The predicted octanol–water partition coefficient (Wildman–Crippen LogP) is 3.74. The molecule has 0 saturated carbocycles. The Balaban J connectivity index is 2.43. The predicted molar refractivity (Wildman–Crippen MR) is 69.2 cm³/mol. The molecule has 2 aromatic rings. The fourth-order valence-corrected chi connectivity index (χ4v) is 2.87. The summed E-state index contributed by atoms with van der Waals surface area (Å²) in [5, 5.41) is -0.324. The highest BCUT2D eigenvalue weighted by atomic mass is 35.5. The fraction of sp³-hybridized carbons (Fsp3) is 0.133. The maximum Gasteiger partial charge on any atom is 0.236 e. The summed E-state index contributed by atoms with van der Waals surface area (Å²) in [5.41, 5.74) is 3.51. The number of halogens is 1. The molecule has 0 radical (unpaired) electrons. The zero-order valence-electron chi connectivity index (χ0n) is 9.41. The van der Waals surface area contributed by atoms with Gasteiger partial charge in [-0.15, -0.1) is 0 Å². The Hall–Kier alpha value is -1.60. The van der Waals surface area contributed by atoms with Crippen LogP contribution in [0.2, 0.25) is 0 Å². The smallest absolute Gasteiger partial charge is 0.236 e. The topological polar surface area (TPSA) is 17.1 Å². The third-order valence-electron chi connectivity index (χ3n) is 3.61. The first-order chi connectivity index (χ1) is 8.15. The minimum Gasteiger partial charge on any atom is -0.280 e. The number of hydrogen-bond donors (Lipinski definition) is 0. The molecule has 17 heavy (non-hydrogen) atoms. The third-order valence-corrected chi connectivity index (χ3v) is 3.99. The number of fused-ring (bicyclic) bond motifs is 3. The number of rotatable bonds is 1. The lowest BCUT2D eigenvalue weighted by atomic mass is 9.87. The largest absolute Gasteiger partial charge is 0.280 e. The van der Waals surface area contributed by atoms with Crippen LogP contribution in [-0.4, -0.2) is 5.24 Å². The van der Waals surface area contributed by atoms with E-state index in [1.54, 1.807) is 0 Å². The lowest BCUT2D eigenvalue weighted by Gasteiger charge is -2.22. The Kier molecular flexibility index (Phi) is 2.14. The monoisotopic (exact) mass is 243 g/mol. The van der Waals surface area contributed by atoms with Crippen molar-refractivity contribution in [1.29, 1.82) is 0 Å². The van der Waals surface area contributed by atoms with Crippen molar-refractivity contribution in [3.63, 3.8) is 0 Å². The molecule has 0 amide bonds. The summed E-state index contributed by atoms with van der Waals surface area (Å²) in [5.74, 6) is 0. The molecule has 0 saturated heterocycles. The quantitative estimate of drug-likeness (QED) is 0.551. The molecule has 0 bridgehead atoms. The van der Waals surface area contributed by atoms with Gasteiger partial charge in [0.1, 0.15) is 0 Å². The lowest BCUT2D eigenvalue weighted by molar-refractivity contribution is -0.114. The molecule has 0 heterocycles. The summed E-state index contributed by atoms with van der Waals surface area (Å²) in [6.07, 6.45) is 0. The second-order valence-electron chi connectivity index (χ2n) is 4.49. The van der Waals surface area contributed by atoms with Gasteiger partial charge in [0.2, 0.25) is 5.24 Å². The molecule has 84 valence electrons. The van der Waals surface area contributed by atoms with Crippen LogP contribution in [0, 0.1) is 0 Å². The first kappa shape index (κ1) is 10.5. The number of hydrogen-bond acceptors (Lipinski definition) is 1. The molecule has 0 unspecified atom stereocenters. The molecule has 0 aliphatic heterocycles. The fourth-order valence-electron chi connectivity index (χ4n) is 2.66. The van der Waals surface area contributed by atoms with Gasteiger partial charge in [-0.05, 0) is 40.8 Å². The number of carbonyl (C=O) groups excluding carboxylic acids is 1. The van der Waals surface area contributed by atoms with E-state index in [0.29, 0.717) is 0 Å². The van der Waals surface area contributed by atoms with Gasteiger partial charge < -0.3 is 0 Å². The SMILES string of the molecule is [13CH3]C1(C(=O)Cl)c2ccccc2-c2ccccc21. The third kappa shape index (κ3) is 1.23. The molecule has 0 fully saturated rings. The Morgan fingerprint density at radius 1 is 0.941 bits per heavy atom. The van der Waals surface area contributed by atoms with E-state index in [1.807, 2.05) is 55.5 Å². The molecule has 0 N–H and O–H groups in total. The van der Waals surface area contributed by atoms with Crippen LogP contribution in [0.25, 0.3) is 11.1 Å². The van der Waals surface area contributed by atoms with Crippen molar-refractivity contribution in [2.75, 3.05) is 0 Å². The second kappa shape index (κ2) is 3.44. The van der Waals surface area contributed by atoms with Gasteiger partial charge in [-0.25, -0.2) is 0 Å². The number of carbonyl (C=O) groups is 1. The molecule has 0 atom stereocenters. The van der Waals surface area contributed by atoms with Crippen molar-refractivity contribution < 1.29 is 4.79 Å². The second-order valence-corrected chi connectivity index (χ2v) is 4.83. The van der Waals surface area contributed by atoms with Crippen LogP contribution in [0.5, 0.6) is 0 Å². The van der Waals surface area contributed by atoms with Crippen molar-refractivity contribution in [1.82, 2.24) is 0 Å². The molecule has 0 spiro atoms. The summed E-state index contributed by atoms with van der Waals surface area (Å²) in [6.45, 7) is 1.90. The van der Waals surface area contributed by atoms with Crippen molar-refractivity contribution in [2.45, 2.75) is 12.3 Å². The Morgan fingerprint density at radius 3 is 1.76 bits per heavy atom. The molecule has 0 aromatic heterocycles. The van der Waals surface area contributed by atoms with E-state index in [4.69, 9.17) is 11.6 Å². The highest BCUT2D eigenvalue weighted by Gasteiger charge is 2.43. The molecule has 2 aromatic carbocycles. The zero-order chi connectivity index (χ0) is 12.0. The summed E-state index contributed by atoms with van der Waals surface area (Å²) in [6, 6.07) is 15.9. The van der Waals surface area contributed by atoms with E-state index in [-0.39, 0.29) is 5.24 Å². The normalized spacial score (nSPS) is 15.2. The molecule has 1 aliphatic rings. The summed E-state index contributed by atoms with van der Waals surface area (Å²) < 4.78 is 0. The van der Waals surface area contributed by atoms with Crippen molar-refractivity contribution >= 4 is 16.8 Å². The first-order valence-corrected chi connectivity index (χ1v) is 5.93. The van der Waals surface area contributed by atoms with E-state index in [0.717, 1.165) is 22.3 Å². The summed E-state index contributed by atoms with van der Waals surface area (Å²) in [4.78, 5) is 11.9. The Morgan fingerprint density at radius 2 is 1.35 bits per heavy atom. The Bertz CT molecular complexity index is 570. The van der Waals surface area contributed by atoms with Gasteiger partial charge in [0.05, 0.1) is 5.41 Å². The van der Waals surface area contributed by atoms with Crippen LogP contribution >= 0.6 is 11.6 Å². The Labute approximate surface area is 105 Å². The van der Waals surface area contributed by atoms with Gasteiger partial charge in [0, 0.05) is 0 Å². The van der Waals surface area contributed by atoms with E-state index in [1.165, 1.54) is 0 Å². The van der Waals surface area contributed by atoms with Crippen LogP contribution in [0.15, 0.2) is 48.5 Å². The van der Waals surface area contributed by atoms with E-state index in [9.17, 15) is 4.79 Å². The minimum atomic E-state index is -0.714. The molecular weight excluding hydrogens is 233 g/mol. The highest BCUT2D eigenvalue weighted by Crippen LogP contribution is 2.49. The maximum atomic E-state index is 11.9. The molecule has 2 heteroatoms. The van der Waals surface area contributed by atoms with Gasteiger partial charge in [-0.3, -0.25) is 4.79 Å². The van der Waals surface area contributed by atoms with Crippen LogP contribution in [0.1, 0.15) is 18.1 Å².